The van der Waals surface area contributed by atoms with Crippen molar-refractivity contribution in [3.63, 3.8) is 0 Å². The number of piperazine rings is 1. The summed E-state index contributed by atoms with van der Waals surface area (Å²) in [5, 5.41) is 5.20. The van der Waals surface area contributed by atoms with Gasteiger partial charge in [-0.1, -0.05) is 18.2 Å². The van der Waals surface area contributed by atoms with Gasteiger partial charge in [0.25, 0.3) is 5.91 Å². The number of hydrogen-bond acceptors (Lipinski definition) is 5. The SMILES string of the molecule is COc1ccccc1N1CCN(C(c2cccs2)C(C)NC(=O)c2ccc(F)cc2)CC1. The lowest BCUT2D eigenvalue weighted by Crippen LogP contribution is -2.52. The van der Waals surface area contributed by atoms with E-state index < -0.39 is 0 Å². The molecule has 1 amide bonds. The largest absolute Gasteiger partial charge is 0.495 e. The predicted molar refractivity (Wildman–Crippen MR) is 127 cm³/mol. The van der Waals surface area contributed by atoms with Crippen molar-refractivity contribution in [2.75, 3.05) is 38.2 Å². The fourth-order valence-electron chi connectivity index (χ4n) is 4.30. The number of carbonyl (C=O) groups excluding carboxylic acids is 1. The minimum atomic E-state index is -0.348. The van der Waals surface area contributed by atoms with E-state index in [4.69, 9.17) is 4.74 Å². The Morgan fingerprint density at radius 2 is 1.75 bits per heavy atom. The number of anilines is 1. The fraction of sp³-hybridized carbons (Fsp3) is 0.320. The topological polar surface area (TPSA) is 44.8 Å². The van der Waals surface area contributed by atoms with Gasteiger partial charge in [-0.15, -0.1) is 11.3 Å². The zero-order valence-corrected chi connectivity index (χ0v) is 19.1. The molecule has 1 saturated heterocycles. The summed E-state index contributed by atoms with van der Waals surface area (Å²) in [4.78, 5) is 18.8. The van der Waals surface area contributed by atoms with Gasteiger partial charge in [0, 0.05) is 42.7 Å². The molecular formula is C25H28FN3O2S. The van der Waals surface area contributed by atoms with Crippen LogP contribution in [0.5, 0.6) is 5.75 Å². The van der Waals surface area contributed by atoms with Gasteiger partial charge in [0.1, 0.15) is 11.6 Å². The lowest BCUT2D eigenvalue weighted by atomic mass is 10.0. The summed E-state index contributed by atoms with van der Waals surface area (Å²) in [6.45, 7) is 5.54. The Bertz CT molecular complexity index is 1020. The van der Waals surface area contributed by atoms with Crippen LogP contribution in [0.15, 0.2) is 66.0 Å². The first-order valence-corrected chi connectivity index (χ1v) is 11.7. The van der Waals surface area contributed by atoms with E-state index in [-0.39, 0.29) is 23.8 Å². The lowest BCUT2D eigenvalue weighted by molar-refractivity contribution is 0.0890. The normalized spacial score (nSPS) is 16.4. The number of methoxy groups -OCH3 is 1. The molecule has 5 nitrogen and oxygen atoms in total. The highest BCUT2D eigenvalue weighted by molar-refractivity contribution is 7.10. The molecule has 1 fully saturated rings. The van der Waals surface area contributed by atoms with E-state index in [1.165, 1.54) is 29.1 Å². The van der Waals surface area contributed by atoms with Crippen LogP contribution >= 0.6 is 11.3 Å². The number of halogens is 1. The maximum absolute atomic E-state index is 13.2. The Labute approximate surface area is 192 Å². The highest BCUT2D eigenvalue weighted by Gasteiger charge is 2.31. The molecular weight excluding hydrogens is 425 g/mol. The molecule has 3 aromatic rings. The number of nitrogens with zero attached hydrogens (tertiary/aromatic N) is 2. The molecule has 1 N–H and O–H groups in total. The zero-order valence-electron chi connectivity index (χ0n) is 18.3. The average molecular weight is 454 g/mol. The summed E-state index contributed by atoms with van der Waals surface area (Å²) < 4.78 is 18.8. The minimum absolute atomic E-state index is 0.0687. The molecule has 7 heteroatoms. The van der Waals surface area contributed by atoms with Crippen LogP contribution in [0.3, 0.4) is 0 Å². The van der Waals surface area contributed by atoms with E-state index in [2.05, 4.69) is 32.6 Å². The molecule has 1 aliphatic rings. The number of nitrogens with one attached hydrogen (secondary N) is 1. The molecule has 2 unspecified atom stereocenters. The second kappa shape index (κ2) is 10.1. The van der Waals surface area contributed by atoms with E-state index in [1.54, 1.807) is 18.4 Å². The van der Waals surface area contributed by atoms with E-state index in [0.717, 1.165) is 37.6 Å². The van der Waals surface area contributed by atoms with Crippen LogP contribution in [-0.2, 0) is 0 Å². The third-order valence-corrected chi connectivity index (χ3v) is 6.85. The second-order valence-electron chi connectivity index (χ2n) is 7.92. The molecule has 2 heterocycles. The molecule has 4 rings (SSSR count). The first-order chi connectivity index (χ1) is 15.6. The maximum Gasteiger partial charge on any atom is 0.251 e. The molecule has 32 heavy (non-hydrogen) atoms. The molecule has 0 radical (unpaired) electrons. The highest BCUT2D eigenvalue weighted by atomic mass is 32.1. The lowest BCUT2D eigenvalue weighted by Gasteiger charge is -2.42. The van der Waals surface area contributed by atoms with Crippen LogP contribution in [0.2, 0.25) is 0 Å². The van der Waals surface area contributed by atoms with Crippen molar-refractivity contribution in [2.45, 2.75) is 19.0 Å². The Morgan fingerprint density at radius 3 is 2.41 bits per heavy atom. The van der Waals surface area contributed by atoms with Crippen LogP contribution in [-0.4, -0.2) is 50.1 Å². The molecule has 2 atom stereocenters. The number of hydrogen-bond donors (Lipinski definition) is 1. The van der Waals surface area contributed by atoms with Gasteiger partial charge in [-0.25, -0.2) is 4.39 Å². The van der Waals surface area contributed by atoms with Gasteiger partial charge in [-0.3, -0.25) is 9.69 Å². The summed E-state index contributed by atoms with van der Waals surface area (Å²) in [6, 6.07) is 17.9. The van der Waals surface area contributed by atoms with Crippen LogP contribution in [0.1, 0.15) is 28.2 Å². The Kier molecular flexibility index (Phi) is 7.07. The number of rotatable bonds is 7. The van der Waals surface area contributed by atoms with Crippen LogP contribution in [0.25, 0.3) is 0 Å². The van der Waals surface area contributed by atoms with Gasteiger partial charge in [0.05, 0.1) is 18.8 Å². The minimum Gasteiger partial charge on any atom is -0.495 e. The molecule has 0 bridgehead atoms. The van der Waals surface area contributed by atoms with Gasteiger partial charge in [-0.2, -0.15) is 0 Å². The standard InChI is InChI=1S/C25H28FN3O2S/c1-18(27-25(30)19-9-11-20(26)12-10-19)24(23-8-5-17-32-23)29-15-13-28(14-16-29)21-6-3-4-7-22(21)31-2/h3-12,17-18,24H,13-16H2,1-2H3,(H,27,30). The Balaban J connectivity index is 1.47. The van der Waals surface area contributed by atoms with Crippen LogP contribution in [0.4, 0.5) is 10.1 Å². The summed E-state index contributed by atoms with van der Waals surface area (Å²) >= 11 is 1.70. The first-order valence-electron chi connectivity index (χ1n) is 10.8. The van der Waals surface area contributed by atoms with Crippen molar-refractivity contribution in [1.29, 1.82) is 0 Å². The summed E-state index contributed by atoms with van der Waals surface area (Å²) in [5.74, 6) is 0.348. The van der Waals surface area contributed by atoms with Gasteiger partial charge in [0.15, 0.2) is 0 Å². The number of amides is 1. The quantitative estimate of drug-likeness (QED) is 0.569. The van der Waals surface area contributed by atoms with Crippen molar-refractivity contribution >= 4 is 22.9 Å². The monoisotopic (exact) mass is 453 g/mol. The molecule has 1 aliphatic heterocycles. The van der Waals surface area contributed by atoms with Gasteiger partial charge in [-0.05, 0) is 54.8 Å². The van der Waals surface area contributed by atoms with Gasteiger partial charge < -0.3 is 15.0 Å². The van der Waals surface area contributed by atoms with Crippen LogP contribution < -0.4 is 15.0 Å². The number of thiophene rings is 1. The number of carbonyl (C=O) groups is 1. The predicted octanol–water partition coefficient (Wildman–Crippen LogP) is 4.58. The van der Waals surface area contributed by atoms with Gasteiger partial charge in [0.2, 0.25) is 0 Å². The first kappa shape index (κ1) is 22.3. The molecule has 0 spiro atoms. The molecule has 1 aromatic heterocycles. The number of para-hydroxylation sites is 2. The van der Waals surface area contributed by atoms with Crippen LogP contribution in [0, 0.1) is 5.82 Å². The Hall–Kier alpha value is -2.90. The molecule has 2 aromatic carbocycles. The second-order valence-corrected chi connectivity index (χ2v) is 8.90. The van der Waals surface area contributed by atoms with Crippen molar-refractivity contribution in [2.24, 2.45) is 0 Å². The van der Waals surface area contributed by atoms with E-state index >= 15 is 0 Å². The molecule has 0 saturated carbocycles. The number of ether oxygens (including phenoxy) is 1. The maximum atomic E-state index is 13.2. The smallest absolute Gasteiger partial charge is 0.251 e. The third kappa shape index (κ3) is 4.95. The van der Waals surface area contributed by atoms with Crippen molar-refractivity contribution in [3.8, 4) is 5.75 Å². The van der Waals surface area contributed by atoms with Crippen molar-refractivity contribution in [1.82, 2.24) is 10.2 Å². The average Bonchev–Trinajstić information content (AvgIpc) is 3.34. The third-order valence-electron chi connectivity index (χ3n) is 5.91. The zero-order chi connectivity index (χ0) is 22.5. The van der Waals surface area contributed by atoms with E-state index in [1.807, 2.05) is 31.2 Å². The summed E-state index contributed by atoms with van der Waals surface area (Å²) in [7, 11) is 1.70. The van der Waals surface area contributed by atoms with E-state index in [0.29, 0.717) is 5.56 Å². The Morgan fingerprint density at radius 1 is 1.03 bits per heavy atom. The molecule has 0 aliphatic carbocycles. The fourth-order valence-corrected chi connectivity index (χ4v) is 5.27. The van der Waals surface area contributed by atoms with Crippen molar-refractivity contribution in [3.05, 3.63) is 82.3 Å². The van der Waals surface area contributed by atoms with Crippen molar-refractivity contribution < 1.29 is 13.9 Å². The van der Waals surface area contributed by atoms with E-state index in [9.17, 15) is 9.18 Å². The molecule has 168 valence electrons. The van der Waals surface area contributed by atoms with Gasteiger partial charge >= 0.3 is 0 Å². The highest BCUT2D eigenvalue weighted by Crippen LogP contribution is 2.32. The number of benzene rings is 2. The summed E-state index contributed by atoms with van der Waals surface area (Å²) in [5.41, 5.74) is 1.57. The summed E-state index contributed by atoms with van der Waals surface area (Å²) in [6.07, 6.45) is 0.